The summed E-state index contributed by atoms with van der Waals surface area (Å²) in [7, 11) is 0. The molecule has 0 aromatic heterocycles. The van der Waals surface area contributed by atoms with Crippen LogP contribution in [0.4, 0.5) is 0 Å². The zero-order valence-electron chi connectivity index (χ0n) is 11.5. The van der Waals surface area contributed by atoms with Crippen LogP contribution in [0.25, 0.3) is 0 Å². The molecule has 1 N–H and O–H groups in total. The van der Waals surface area contributed by atoms with Crippen LogP contribution < -0.4 is 5.32 Å². The zero-order chi connectivity index (χ0) is 13.5. The summed E-state index contributed by atoms with van der Waals surface area (Å²) in [6, 6.07) is 9.04. The lowest BCUT2D eigenvalue weighted by atomic mass is 9.91. The number of nitrogens with one attached hydrogen (secondary N) is 1. The van der Waals surface area contributed by atoms with E-state index in [1.54, 1.807) is 0 Å². The minimum absolute atomic E-state index is 0.0853. The molecule has 0 aliphatic carbocycles. The van der Waals surface area contributed by atoms with Crippen molar-refractivity contribution in [1.82, 2.24) is 10.2 Å². The third-order valence-corrected chi connectivity index (χ3v) is 6.15. The molecule has 1 aromatic rings. The van der Waals surface area contributed by atoms with E-state index in [4.69, 9.17) is 0 Å². The van der Waals surface area contributed by atoms with Gasteiger partial charge in [0.25, 0.3) is 0 Å². The van der Waals surface area contributed by atoms with Crippen molar-refractivity contribution in [2.45, 2.75) is 29.7 Å². The molecule has 4 heteroatoms. The zero-order valence-corrected chi connectivity index (χ0v) is 12.4. The summed E-state index contributed by atoms with van der Waals surface area (Å²) >= 11 is 1.83. The lowest BCUT2D eigenvalue weighted by Crippen LogP contribution is -2.48. The van der Waals surface area contributed by atoms with Crippen molar-refractivity contribution in [2.24, 2.45) is 5.92 Å². The number of fused-ring (bicyclic) bond motifs is 2. The van der Waals surface area contributed by atoms with Crippen LogP contribution in [0.5, 0.6) is 0 Å². The van der Waals surface area contributed by atoms with E-state index in [2.05, 4.69) is 34.5 Å². The Morgan fingerprint density at radius 3 is 3.15 bits per heavy atom. The number of rotatable bonds is 1. The number of hydrogen-bond donors (Lipinski definition) is 1. The molecule has 3 aliphatic heterocycles. The fraction of sp³-hybridized carbons (Fsp3) is 0.562. The highest BCUT2D eigenvalue weighted by Gasteiger charge is 2.38. The van der Waals surface area contributed by atoms with Crippen LogP contribution in [0, 0.1) is 5.92 Å². The normalized spacial score (nSPS) is 32.0. The van der Waals surface area contributed by atoms with E-state index in [-0.39, 0.29) is 5.92 Å². The first-order chi connectivity index (χ1) is 9.83. The largest absolute Gasteiger partial charge is 0.342 e. The molecule has 3 atom stereocenters. The van der Waals surface area contributed by atoms with Gasteiger partial charge in [-0.2, -0.15) is 0 Å². The van der Waals surface area contributed by atoms with E-state index >= 15 is 0 Å². The summed E-state index contributed by atoms with van der Waals surface area (Å²) in [5.41, 5.74) is 1.24. The van der Waals surface area contributed by atoms with Crippen LogP contribution in [0.3, 0.4) is 0 Å². The maximum absolute atomic E-state index is 12.8. The molecule has 3 heterocycles. The number of piperidine rings is 1. The van der Waals surface area contributed by atoms with Gasteiger partial charge in [-0.15, -0.1) is 11.8 Å². The Morgan fingerprint density at radius 2 is 2.20 bits per heavy atom. The van der Waals surface area contributed by atoms with Gasteiger partial charge in [0.2, 0.25) is 5.91 Å². The SMILES string of the molecule is O=C(C1CSc2ccccc21)N1CCC2NCCC2C1. The van der Waals surface area contributed by atoms with Gasteiger partial charge in [-0.25, -0.2) is 0 Å². The number of benzene rings is 1. The van der Waals surface area contributed by atoms with Crippen molar-refractivity contribution < 1.29 is 4.79 Å². The fourth-order valence-corrected chi connectivity index (χ4v) is 5.06. The highest BCUT2D eigenvalue weighted by atomic mass is 32.2. The van der Waals surface area contributed by atoms with Crippen molar-refractivity contribution in [3.8, 4) is 0 Å². The van der Waals surface area contributed by atoms with Gasteiger partial charge in [-0.1, -0.05) is 18.2 Å². The quantitative estimate of drug-likeness (QED) is 0.859. The smallest absolute Gasteiger partial charge is 0.231 e. The highest BCUT2D eigenvalue weighted by molar-refractivity contribution is 7.99. The molecule has 0 spiro atoms. The second kappa shape index (κ2) is 5.08. The molecule has 3 aliphatic rings. The van der Waals surface area contributed by atoms with E-state index in [9.17, 15) is 4.79 Å². The molecule has 2 saturated heterocycles. The second-order valence-corrected chi connectivity index (χ2v) is 7.15. The highest BCUT2D eigenvalue weighted by Crippen LogP contribution is 2.40. The minimum atomic E-state index is 0.0853. The molecule has 20 heavy (non-hydrogen) atoms. The lowest BCUT2D eigenvalue weighted by Gasteiger charge is -2.36. The van der Waals surface area contributed by atoms with Gasteiger partial charge in [0.05, 0.1) is 5.92 Å². The molecule has 0 radical (unpaired) electrons. The van der Waals surface area contributed by atoms with Gasteiger partial charge in [0.1, 0.15) is 0 Å². The molecule has 0 bridgehead atoms. The van der Waals surface area contributed by atoms with Crippen molar-refractivity contribution in [2.75, 3.05) is 25.4 Å². The molecule has 106 valence electrons. The predicted molar refractivity (Wildman–Crippen MR) is 81.0 cm³/mol. The van der Waals surface area contributed by atoms with Crippen LogP contribution in [-0.2, 0) is 4.79 Å². The first-order valence-corrected chi connectivity index (χ1v) is 8.55. The molecule has 0 saturated carbocycles. The number of carbonyl (C=O) groups excluding carboxylic acids is 1. The molecular weight excluding hydrogens is 268 g/mol. The Bertz CT molecular complexity index is 533. The first kappa shape index (κ1) is 12.7. The number of amides is 1. The summed E-state index contributed by atoms with van der Waals surface area (Å²) in [4.78, 5) is 16.3. The third kappa shape index (κ3) is 2.06. The molecular formula is C16H20N2OS. The number of likely N-dealkylation sites (tertiary alicyclic amines) is 1. The second-order valence-electron chi connectivity index (χ2n) is 6.08. The number of thioether (sulfide) groups is 1. The van der Waals surface area contributed by atoms with E-state index in [0.29, 0.717) is 17.9 Å². The van der Waals surface area contributed by atoms with E-state index < -0.39 is 0 Å². The summed E-state index contributed by atoms with van der Waals surface area (Å²) in [6.45, 7) is 3.01. The van der Waals surface area contributed by atoms with Gasteiger partial charge in [-0.3, -0.25) is 4.79 Å². The Kier molecular flexibility index (Phi) is 3.23. The van der Waals surface area contributed by atoms with Gasteiger partial charge in [-0.05, 0) is 36.9 Å². The average Bonchev–Trinajstić information content (AvgIpc) is 3.12. The number of nitrogens with zero attached hydrogens (tertiary/aromatic N) is 1. The predicted octanol–water partition coefficient (Wildman–Crippen LogP) is 2.09. The van der Waals surface area contributed by atoms with Gasteiger partial charge >= 0.3 is 0 Å². The Morgan fingerprint density at radius 1 is 1.30 bits per heavy atom. The van der Waals surface area contributed by atoms with Crippen LogP contribution in [0.2, 0.25) is 0 Å². The fourth-order valence-electron chi connectivity index (χ4n) is 3.84. The monoisotopic (exact) mass is 288 g/mol. The van der Waals surface area contributed by atoms with Crippen molar-refractivity contribution in [3.05, 3.63) is 29.8 Å². The molecule has 3 nitrogen and oxygen atoms in total. The van der Waals surface area contributed by atoms with Crippen molar-refractivity contribution in [3.63, 3.8) is 0 Å². The Labute approximate surface area is 124 Å². The van der Waals surface area contributed by atoms with Crippen LogP contribution in [-0.4, -0.2) is 42.2 Å². The number of carbonyl (C=O) groups is 1. The maximum atomic E-state index is 12.8. The standard InChI is InChI=1S/C16H20N2OS/c19-16(13-10-20-15-4-2-1-3-12(13)15)18-8-6-14-11(9-18)5-7-17-14/h1-4,11,13-14,17H,5-10H2. The molecule has 1 aromatic carbocycles. The van der Waals surface area contributed by atoms with Crippen molar-refractivity contribution >= 4 is 17.7 Å². The summed E-state index contributed by atoms with van der Waals surface area (Å²) in [5, 5.41) is 3.56. The van der Waals surface area contributed by atoms with Crippen LogP contribution in [0.1, 0.15) is 24.3 Å². The van der Waals surface area contributed by atoms with Gasteiger partial charge < -0.3 is 10.2 Å². The van der Waals surface area contributed by atoms with Gasteiger partial charge in [0.15, 0.2) is 0 Å². The third-order valence-electron chi connectivity index (χ3n) is 4.97. The topological polar surface area (TPSA) is 32.3 Å². The average molecular weight is 288 g/mol. The maximum Gasteiger partial charge on any atom is 0.231 e. The molecule has 3 unspecified atom stereocenters. The number of hydrogen-bond acceptors (Lipinski definition) is 3. The van der Waals surface area contributed by atoms with E-state index in [1.165, 1.54) is 16.9 Å². The summed E-state index contributed by atoms with van der Waals surface area (Å²) in [6.07, 6.45) is 2.35. The Hall–Kier alpha value is -1.00. The molecule has 4 rings (SSSR count). The molecule has 2 fully saturated rings. The van der Waals surface area contributed by atoms with Crippen LogP contribution >= 0.6 is 11.8 Å². The summed E-state index contributed by atoms with van der Waals surface area (Å²) < 4.78 is 0. The first-order valence-electron chi connectivity index (χ1n) is 7.57. The van der Waals surface area contributed by atoms with E-state index in [1.807, 2.05) is 11.8 Å². The molecule has 1 amide bonds. The lowest BCUT2D eigenvalue weighted by molar-refractivity contribution is -0.134. The van der Waals surface area contributed by atoms with Crippen LogP contribution in [0.15, 0.2) is 29.2 Å². The minimum Gasteiger partial charge on any atom is -0.342 e. The Balaban J connectivity index is 1.51. The summed E-state index contributed by atoms with van der Waals surface area (Å²) in [5.74, 6) is 2.04. The van der Waals surface area contributed by atoms with Gasteiger partial charge in [0, 0.05) is 29.8 Å². The van der Waals surface area contributed by atoms with E-state index in [0.717, 1.165) is 31.8 Å². The van der Waals surface area contributed by atoms with Crippen molar-refractivity contribution in [1.29, 1.82) is 0 Å².